The zero-order chi connectivity index (χ0) is 35.9. The van der Waals surface area contributed by atoms with Crippen LogP contribution in [0, 0.1) is 28.1 Å². The number of benzene rings is 1. The van der Waals surface area contributed by atoms with Gasteiger partial charge in [0.05, 0.1) is 36.4 Å². The molecule has 11 nitrogen and oxygen atoms in total. The average Bonchev–Trinajstić information content (AvgIpc) is 3.72. The van der Waals surface area contributed by atoms with Crippen LogP contribution in [-0.2, 0) is 33.0 Å². The van der Waals surface area contributed by atoms with Crippen LogP contribution < -0.4 is 0 Å². The van der Waals surface area contributed by atoms with E-state index >= 15 is 0 Å². The van der Waals surface area contributed by atoms with Gasteiger partial charge in [0.2, 0.25) is 0 Å². The first-order valence-electron chi connectivity index (χ1n) is 18.0. The normalized spacial score (nSPS) is 45.2. The smallest absolute Gasteiger partial charge is 0.338 e. The van der Waals surface area contributed by atoms with Gasteiger partial charge >= 0.3 is 17.9 Å². The maximum Gasteiger partial charge on any atom is 0.338 e. The number of aliphatic hydroxyl groups is 3. The van der Waals surface area contributed by atoms with Crippen molar-refractivity contribution in [2.45, 2.75) is 141 Å². The third-order valence-corrected chi connectivity index (χ3v) is 18.8. The third kappa shape index (κ3) is 4.87. The summed E-state index contributed by atoms with van der Waals surface area (Å²) in [5, 5.41) is 38.2. The summed E-state index contributed by atoms with van der Waals surface area (Å²) in [4.78, 5) is 40.1. The molecule has 0 spiro atoms. The fraction of sp³-hybridized carbons (Fsp3) is 0.757. The standard InChI is InChI=1S/C37H54O11Si/c1-9-49(10-2,11-3)48-26-17-27-36(20-44-27,47-23(6)39)28-30(46-32(42)24-15-13-12-14-16-24)37(43)18-25(40)21(4)35(19-33(35,37)7)31(45-22(5)38)29(41)34(26,28)8/h12-16,21,25-31,40-41,43H,9-11,17-20H2,1-8H3/t21?,25-,26-,27+,28-,29-,30-,31-,33?,34+,35?,36-,37+/m0/s1. The maximum atomic E-state index is 14.1. The summed E-state index contributed by atoms with van der Waals surface area (Å²) < 4.78 is 32.4. The first kappa shape index (κ1) is 36.4. The topological polar surface area (TPSA) is 158 Å². The minimum absolute atomic E-state index is 0.0661. The molecule has 12 heteroatoms. The summed E-state index contributed by atoms with van der Waals surface area (Å²) in [5.74, 6) is -3.49. The van der Waals surface area contributed by atoms with E-state index in [2.05, 4.69) is 20.8 Å². The van der Waals surface area contributed by atoms with Gasteiger partial charge in [-0.15, -0.1) is 0 Å². The molecule has 1 heterocycles. The van der Waals surface area contributed by atoms with Crippen LogP contribution in [-0.4, -0.2) is 96.0 Å². The van der Waals surface area contributed by atoms with Crippen molar-refractivity contribution in [2.24, 2.45) is 28.1 Å². The molecule has 0 amide bonds. The molecule has 0 radical (unpaired) electrons. The number of aliphatic hydroxyl groups excluding tert-OH is 2. The van der Waals surface area contributed by atoms with E-state index in [4.69, 9.17) is 23.4 Å². The molecule has 49 heavy (non-hydrogen) atoms. The van der Waals surface area contributed by atoms with Crippen molar-refractivity contribution in [2.75, 3.05) is 6.61 Å². The Kier molecular flexibility index (Phi) is 9.01. The van der Waals surface area contributed by atoms with Gasteiger partial charge in [0.1, 0.15) is 23.9 Å². The van der Waals surface area contributed by atoms with Crippen LogP contribution in [0.15, 0.2) is 30.3 Å². The third-order valence-electron chi connectivity index (χ3n) is 14.2. The number of hydrogen-bond acceptors (Lipinski definition) is 11. The van der Waals surface area contributed by atoms with Crippen molar-refractivity contribution in [1.29, 1.82) is 0 Å². The van der Waals surface area contributed by atoms with E-state index in [1.54, 1.807) is 30.3 Å². The summed E-state index contributed by atoms with van der Waals surface area (Å²) in [5.41, 5.74) is -6.65. The van der Waals surface area contributed by atoms with Gasteiger partial charge in [-0.2, -0.15) is 0 Å². The summed E-state index contributed by atoms with van der Waals surface area (Å²) in [7, 11) is -2.42. The van der Waals surface area contributed by atoms with Crippen LogP contribution in [0.1, 0.15) is 85.0 Å². The van der Waals surface area contributed by atoms with Gasteiger partial charge in [-0.25, -0.2) is 4.79 Å². The highest BCUT2D eigenvalue weighted by atomic mass is 28.4. The van der Waals surface area contributed by atoms with Crippen LogP contribution in [0.25, 0.3) is 0 Å². The second-order valence-electron chi connectivity index (χ2n) is 16.0. The Morgan fingerprint density at radius 3 is 2.12 bits per heavy atom. The first-order chi connectivity index (χ1) is 23.0. The van der Waals surface area contributed by atoms with Gasteiger partial charge < -0.3 is 38.7 Å². The molecule has 6 rings (SSSR count). The number of carbonyl (C=O) groups is 3. The second-order valence-corrected chi connectivity index (χ2v) is 20.7. The quantitative estimate of drug-likeness (QED) is 0.193. The lowest BCUT2D eigenvalue weighted by Gasteiger charge is -2.69. The van der Waals surface area contributed by atoms with Crippen molar-refractivity contribution in [1.82, 2.24) is 0 Å². The van der Waals surface area contributed by atoms with Crippen molar-refractivity contribution < 1.29 is 53.1 Å². The zero-order valence-electron chi connectivity index (χ0n) is 30.1. The monoisotopic (exact) mass is 702 g/mol. The summed E-state index contributed by atoms with van der Waals surface area (Å²) in [6.07, 6.45) is -6.10. The minimum atomic E-state index is -2.42. The van der Waals surface area contributed by atoms with E-state index in [0.717, 1.165) is 18.1 Å². The van der Waals surface area contributed by atoms with E-state index in [1.807, 2.05) is 20.8 Å². The number of hydrogen-bond donors (Lipinski definition) is 3. The number of fused-ring (bicyclic) bond motifs is 3. The molecule has 3 unspecified atom stereocenters. The molecule has 1 aromatic carbocycles. The highest BCUT2D eigenvalue weighted by molar-refractivity contribution is 6.73. The van der Waals surface area contributed by atoms with Crippen molar-refractivity contribution in [3.8, 4) is 0 Å². The summed E-state index contributed by atoms with van der Waals surface area (Å²) >= 11 is 0. The molecular weight excluding hydrogens is 648 g/mol. The van der Waals surface area contributed by atoms with Crippen LogP contribution >= 0.6 is 0 Å². The fourth-order valence-electron chi connectivity index (χ4n) is 11.0. The highest BCUT2D eigenvalue weighted by Crippen LogP contribution is 2.82. The SMILES string of the molecule is CC[Si](CC)(CC)O[C@H]1C[C@H]2OC[C@@]2(OC(C)=O)[C@H]2[C@H](OC(=O)c3ccccc3)[C@]3(O)C[C@H](O)C(C)C4(CC43C)[C@@H](OC(C)=O)[C@H](O)[C@]12C. The lowest BCUT2D eigenvalue weighted by Crippen LogP contribution is -2.83. The predicted molar refractivity (Wildman–Crippen MR) is 180 cm³/mol. The lowest BCUT2D eigenvalue weighted by atomic mass is 9.45. The molecule has 2 bridgehead atoms. The number of esters is 3. The van der Waals surface area contributed by atoms with Gasteiger partial charge in [-0.1, -0.05) is 59.7 Å². The largest absolute Gasteiger partial charge is 0.459 e. The van der Waals surface area contributed by atoms with E-state index < -0.39 is 102 Å². The van der Waals surface area contributed by atoms with E-state index in [1.165, 1.54) is 13.8 Å². The molecule has 5 aliphatic rings. The van der Waals surface area contributed by atoms with Crippen molar-refractivity contribution >= 4 is 26.2 Å². The average molecular weight is 703 g/mol. The summed E-state index contributed by atoms with van der Waals surface area (Å²) in [6.45, 7) is 14.4. The lowest BCUT2D eigenvalue weighted by molar-refractivity contribution is -0.370. The maximum absolute atomic E-state index is 14.1. The van der Waals surface area contributed by atoms with Gasteiger partial charge in [0, 0.05) is 42.9 Å². The Morgan fingerprint density at radius 2 is 1.59 bits per heavy atom. The molecule has 4 saturated carbocycles. The molecule has 4 aliphatic carbocycles. The van der Waals surface area contributed by atoms with E-state index in [0.29, 0.717) is 0 Å². The van der Waals surface area contributed by atoms with Crippen molar-refractivity contribution in [3.05, 3.63) is 35.9 Å². The number of carbonyl (C=O) groups excluding carboxylic acids is 3. The summed E-state index contributed by atoms with van der Waals surface area (Å²) in [6, 6.07) is 10.9. The zero-order valence-corrected chi connectivity index (χ0v) is 31.1. The molecule has 1 aromatic rings. The predicted octanol–water partition coefficient (Wildman–Crippen LogP) is 4.16. The van der Waals surface area contributed by atoms with Gasteiger partial charge in [-0.05, 0) is 42.6 Å². The molecule has 1 aliphatic heterocycles. The highest BCUT2D eigenvalue weighted by Gasteiger charge is 2.89. The Balaban J connectivity index is 1.66. The van der Waals surface area contributed by atoms with Crippen molar-refractivity contribution in [3.63, 3.8) is 0 Å². The Labute approximate surface area is 290 Å². The molecule has 13 atom stereocenters. The Hall–Kier alpha value is -2.35. The van der Waals surface area contributed by atoms with Gasteiger partial charge in [0.25, 0.3) is 0 Å². The Bertz CT molecular complexity index is 1460. The van der Waals surface area contributed by atoms with Crippen LogP contribution in [0.3, 0.4) is 0 Å². The van der Waals surface area contributed by atoms with Crippen LogP contribution in [0.4, 0.5) is 0 Å². The molecule has 272 valence electrons. The molecule has 3 N–H and O–H groups in total. The van der Waals surface area contributed by atoms with Crippen LogP contribution in [0.2, 0.25) is 18.1 Å². The Morgan fingerprint density at radius 1 is 0.959 bits per heavy atom. The minimum Gasteiger partial charge on any atom is -0.459 e. The van der Waals surface area contributed by atoms with Gasteiger partial charge in [0.15, 0.2) is 13.9 Å². The molecular formula is C37H54O11Si. The fourth-order valence-corrected chi connectivity index (χ4v) is 14.0. The van der Waals surface area contributed by atoms with Gasteiger partial charge in [-0.3, -0.25) is 9.59 Å². The number of ether oxygens (including phenoxy) is 4. The first-order valence-corrected chi connectivity index (χ1v) is 20.5. The second kappa shape index (κ2) is 12.1. The molecule has 1 saturated heterocycles. The molecule has 0 aromatic heterocycles. The number of rotatable bonds is 9. The molecule has 5 fully saturated rings. The van der Waals surface area contributed by atoms with E-state index in [-0.39, 0.29) is 31.4 Å². The van der Waals surface area contributed by atoms with Crippen LogP contribution in [0.5, 0.6) is 0 Å². The van der Waals surface area contributed by atoms with E-state index in [9.17, 15) is 29.7 Å².